The Hall–Kier alpha value is -1.57. The first kappa shape index (κ1) is 13.9. The van der Waals surface area contributed by atoms with Crippen LogP contribution < -0.4 is 16.0 Å². The van der Waals surface area contributed by atoms with E-state index in [4.69, 9.17) is 5.73 Å². The van der Waals surface area contributed by atoms with Crippen LogP contribution in [0.3, 0.4) is 0 Å². The summed E-state index contributed by atoms with van der Waals surface area (Å²) in [6.45, 7) is 3.83. The van der Waals surface area contributed by atoms with E-state index in [9.17, 15) is 8.42 Å². The number of nitrogens with one attached hydrogen (secondary N) is 1. The van der Waals surface area contributed by atoms with E-state index in [-0.39, 0.29) is 17.5 Å². The van der Waals surface area contributed by atoms with E-state index in [2.05, 4.69) is 15.3 Å². The number of hydrogen-bond acceptors (Lipinski definition) is 7. The van der Waals surface area contributed by atoms with Gasteiger partial charge in [0.1, 0.15) is 11.6 Å². The van der Waals surface area contributed by atoms with E-state index in [1.807, 2.05) is 11.8 Å². The summed E-state index contributed by atoms with van der Waals surface area (Å²) in [7, 11) is -2.92. The maximum absolute atomic E-state index is 11.6. The van der Waals surface area contributed by atoms with Gasteiger partial charge in [0, 0.05) is 25.7 Å². The molecule has 1 aliphatic heterocycles. The lowest BCUT2D eigenvalue weighted by molar-refractivity contribution is 0.597. The summed E-state index contributed by atoms with van der Waals surface area (Å²) in [5, 5.41) is 3.08. The summed E-state index contributed by atoms with van der Waals surface area (Å²) in [6, 6.07) is 1.80. The van der Waals surface area contributed by atoms with Crippen LogP contribution in [0.4, 0.5) is 17.6 Å². The van der Waals surface area contributed by atoms with Crippen molar-refractivity contribution < 1.29 is 8.42 Å². The minimum Gasteiger partial charge on any atom is -0.370 e. The van der Waals surface area contributed by atoms with Crippen molar-refractivity contribution in [1.29, 1.82) is 0 Å². The van der Waals surface area contributed by atoms with Gasteiger partial charge in [0.15, 0.2) is 9.84 Å². The van der Waals surface area contributed by atoms with Crippen molar-refractivity contribution in [2.24, 2.45) is 0 Å². The highest BCUT2D eigenvalue weighted by atomic mass is 32.2. The zero-order valence-corrected chi connectivity index (χ0v) is 11.8. The number of hydrogen-bond donors (Lipinski definition) is 2. The third kappa shape index (κ3) is 3.69. The molecule has 2 heterocycles. The first-order valence-electron chi connectivity index (χ1n) is 6.34. The van der Waals surface area contributed by atoms with Crippen molar-refractivity contribution in [3.05, 3.63) is 6.07 Å². The van der Waals surface area contributed by atoms with Crippen LogP contribution in [-0.2, 0) is 9.84 Å². The number of sulfone groups is 1. The monoisotopic (exact) mass is 285 g/mol. The maximum atomic E-state index is 11.6. The maximum Gasteiger partial charge on any atom is 0.223 e. The predicted octanol–water partition coefficient (Wildman–Crippen LogP) is 0.116. The minimum absolute atomic E-state index is 0.160. The summed E-state index contributed by atoms with van der Waals surface area (Å²) < 4.78 is 23.2. The van der Waals surface area contributed by atoms with Crippen molar-refractivity contribution in [2.45, 2.75) is 13.3 Å². The van der Waals surface area contributed by atoms with E-state index in [0.29, 0.717) is 31.1 Å². The molecule has 0 aliphatic carbocycles. The van der Waals surface area contributed by atoms with Gasteiger partial charge in [-0.3, -0.25) is 0 Å². The lowest BCUT2D eigenvalue weighted by Crippen LogP contribution is -2.28. The molecule has 1 fully saturated rings. The predicted molar refractivity (Wildman–Crippen MR) is 76.1 cm³/mol. The summed E-state index contributed by atoms with van der Waals surface area (Å²) in [5.41, 5.74) is 5.68. The van der Waals surface area contributed by atoms with Gasteiger partial charge in [0.05, 0.1) is 11.5 Å². The van der Waals surface area contributed by atoms with Gasteiger partial charge < -0.3 is 16.0 Å². The number of rotatable bonds is 3. The van der Waals surface area contributed by atoms with Gasteiger partial charge in [-0.05, 0) is 13.3 Å². The molecule has 3 N–H and O–H groups in total. The second-order valence-electron chi connectivity index (χ2n) is 4.49. The van der Waals surface area contributed by atoms with Crippen LogP contribution in [0.15, 0.2) is 6.07 Å². The molecule has 0 saturated carbocycles. The number of nitrogens with zero attached hydrogens (tertiary/aromatic N) is 3. The average molecular weight is 285 g/mol. The molecule has 0 unspecified atom stereocenters. The zero-order chi connectivity index (χ0) is 13.9. The standard InChI is InChI=1S/C11H19N5O2S/c1-2-13-9-8-10(15-11(12)14-9)16-4-3-6-19(17,18)7-5-16/h8H,2-7H2,1H3,(H3,12,13,14,15). The molecule has 0 radical (unpaired) electrons. The number of anilines is 3. The van der Waals surface area contributed by atoms with E-state index in [1.165, 1.54) is 0 Å². The van der Waals surface area contributed by atoms with Crippen molar-refractivity contribution in [2.75, 3.05) is 47.1 Å². The molecule has 1 saturated heterocycles. The molecule has 0 bridgehead atoms. The number of aromatic nitrogens is 2. The third-order valence-corrected chi connectivity index (χ3v) is 4.68. The second-order valence-corrected chi connectivity index (χ2v) is 6.80. The molecule has 0 spiro atoms. The molecule has 1 aliphatic rings. The highest BCUT2D eigenvalue weighted by Crippen LogP contribution is 2.19. The normalized spacial score (nSPS) is 18.9. The Morgan fingerprint density at radius 2 is 2.16 bits per heavy atom. The van der Waals surface area contributed by atoms with Gasteiger partial charge in [0.25, 0.3) is 0 Å². The van der Waals surface area contributed by atoms with Crippen LogP contribution in [0, 0.1) is 0 Å². The minimum atomic E-state index is -2.92. The van der Waals surface area contributed by atoms with Gasteiger partial charge in [-0.2, -0.15) is 9.97 Å². The SMILES string of the molecule is CCNc1cc(N2CCCS(=O)(=O)CC2)nc(N)n1. The summed E-state index contributed by atoms with van der Waals surface area (Å²) in [6.07, 6.45) is 0.614. The Labute approximate surface area is 113 Å². The smallest absolute Gasteiger partial charge is 0.223 e. The first-order valence-corrected chi connectivity index (χ1v) is 8.16. The molecule has 7 nitrogen and oxygen atoms in total. The van der Waals surface area contributed by atoms with Crippen LogP contribution in [0.1, 0.15) is 13.3 Å². The lowest BCUT2D eigenvalue weighted by atomic mass is 10.4. The molecule has 8 heteroatoms. The van der Waals surface area contributed by atoms with E-state index >= 15 is 0 Å². The van der Waals surface area contributed by atoms with E-state index in [0.717, 1.165) is 6.54 Å². The Kier molecular flexibility index (Phi) is 4.08. The quantitative estimate of drug-likeness (QED) is 0.813. The highest BCUT2D eigenvalue weighted by Gasteiger charge is 2.20. The van der Waals surface area contributed by atoms with E-state index in [1.54, 1.807) is 6.07 Å². The molecule has 0 aromatic carbocycles. The van der Waals surface area contributed by atoms with E-state index < -0.39 is 9.84 Å². The van der Waals surface area contributed by atoms with Gasteiger partial charge in [0.2, 0.25) is 5.95 Å². The lowest BCUT2D eigenvalue weighted by Gasteiger charge is -2.21. The van der Waals surface area contributed by atoms with Crippen molar-refractivity contribution in [1.82, 2.24) is 9.97 Å². The third-order valence-electron chi connectivity index (χ3n) is 2.97. The van der Waals surface area contributed by atoms with Crippen LogP contribution in [0.5, 0.6) is 0 Å². The fourth-order valence-electron chi connectivity index (χ4n) is 2.05. The van der Waals surface area contributed by atoms with Crippen LogP contribution >= 0.6 is 0 Å². The first-order chi connectivity index (χ1) is 9.00. The Bertz CT molecular complexity index is 546. The Morgan fingerprint density at radius 1 is 1.37 bits per heavy atom. The molecule has 2 rings (SSSR count). The number of nitrogen functional groups attached to an aromatic ring is 1. The number of nitrogens with two attached hydrogens (primary N) is 1. The topological polar surface area (TPSA) is 101 Å². The van der Waals surface area contributed by atoms with Gasteiger partial charge in [-0.25, -0.2) is 8.42 Å². The van der Waals surface area contributed by atoms with Gasteiger partial charge >= 0.3 is 0 Å². The van der Waals surface area contributed by atoms with Gasteiger partial charge in [-0.15, -0.1) is 0 Å². The zero-order valence-electron chi connectivity index (χ0n) is 11.0. The largest absolute Gasteiger partial charge is 0.370 e. The molecule has 0 atom stereocenters. The molecule has 1 aromatic rings. The Balaban J connectivity index is 2.21. The van der Waals surface area contributed by atoms with Crippen LogP contribution in [-0.4, -0.2) is 49.5 Å². The molecule has 106 valence electrons. The Morgan fingerprint density at radius 3 is 2.89 bits per heavy atom. The highest BCUT2D eigenvalue weighted by molar-refractivity contribution is 7.91. The van der Waals surface area contributed by atoms with Crippen molar-refractivity contribution in [3.8, 4) is 0 Å². The summed E-state index contributed by atoms with van der Waals surface area (Å²) in [5.74, 6) is 1.94. The molecular weight excluding hydrogens is 266 g/mol. The summed E-state index contributed by atoms with van der Waals surface area (Å²) in [4.78, 5) is 10.2. The van der Waals surface area contributed by atoms with Crippen LogP contribution in [0.25, 0.3) is 0 Å². The van der Waals surface area contributed by atoms with Crippen LogP contribution in [0.2, 0.25) is 0 Å². The summed E-state index contributed by atoms with van der Waals surface area (Å²) >= 11 is 0. The molecular formula is C11H19N5O2S. The van der Waals surface area contributed by atoms with Gasteiger partial charge in [-0.1, -0.05) is 0 Å². The average Bonchev–Trinajstić information content (AvgIpc) is 2.50. The molecule has 1 aromatic heterocycles. The second kappa shape index (κ2) is 5.60. The molecule has 0 amide bonds. The fraction of sp³-hybridized carbons (Fsp3) is 0.636. The molecule has 19 heavy (non-hydrogen) atoms. The fourth-order valence-corrected chi connectivity index (χ4v) is 3.33. The van der Waals surface area contributed by atoms with Crippen molar-refractivity contribution in [3.63, 3.8) is 0 Å². The van der Waals surface area contributed by atoms with Crippen molar-refractivity contribution >= 4 is 27.4 Å².